The fourth-order valence-electron chi connectivity index (χ4n) is 1.73. The third kappa shape index (κ3) is 4.52. The molecule has 0 radical (unpaired) electrons. The van der Waals surface area contributed by atoms with Crippen LogP contribution >= 0.6 is 11.6 Å². The highest BCUT2D eigenvalue weighted by atomic mass is 35.5. The molecule has 16 heavy (non-hydrogen) atoms. The van der Waals surface area contributed by atoms with Crippen molar-refractivity contribution in [1.82, 2.24) is 5.32 Å². The molecule has 0 saturated heterocycles. The van der Waals surface area contributed by atoms with E-state index in [2.05, 4.69) is 18.3 Å². The lowest BCUT2D eigenvalue weighted by Crippen LogP contribution is -2.22. The van der Waals surface area contributed by atoms with Crippen molar-refractivity contribution in [1.29, 1.82) is 0 Å². The lowest BCUT2D eigenvalue weighted by molar-refractivity contribution is 0.282. The lowest BCUT2D eigenvalue weighted by Gasteiger charge is -2.17. The first-order valence-electron chi connectivity index (χ1n) is 5.87. The van der Waals surface area contributed by atoms with Crippen molar-refractivity contribution >= 4 is 11.6 Å². The van der Waals surface area contributed by atoms with E-state index < -0.39 is 0 Å². The molecular weight excluding hydrogens is 222 g/mol. The Labute approximate surface area is 103 Å². The summed E-state index contributed by atoms with van der Waals surface area (Å²) >= 11 is 5.97. The molecule has 0 heterocycles. The van der Waals surface area contributed by atoms with Gasteiger partial charge in [-0.05, 0) is 43.5 Å². The van der Waals surface area contributed by atoms with Gasteiger partial charge in [0.2, 0.25) is 0 Å². The molecule has 0 spiro atoms. The molecule has 0 aliphatic carbocycles. The molecule has 3 heteroatoms. The van der Waals surface area contributed by atoms with Crippen LogP contribution in [0, 0.1) is 0 Å². The normalized spacial score (nSPS) is 12.7. The summed E-state index contributed by atoms with van der Waals surface area (Å²) in [6.45, 7) is 3.37. The van der Waals surface area contributed by atoms with Crippen molar-refractivity contribution in [3.8, 4) is 0 Å². The Morgan fingerprint density at radius 2 is 2.19 bits per heavy atom. The van der Waals surface area contributed by atoms with E-state index in [-0.39, 0.29) is 6.61 Å². The average Bonchev–Trinajstić information content (AvgIpc) is 2.29. The Kier molecular flexibility index (Phi) is 6.46. The Hall–Kier alpha value is -0.570. The SMILES string of the molecule is CCC(NCCCCO)c1cccc(Cl)c1. The van der Waals surface area contributed by atoms with Crippen LogP contribution in [0.15, 0.2) is 24.3 Å². The van der Waals surface area contributed by atoms with Gasteiger partial charge in [-0.25, -0.2) is 0 Å². The highest BCUT2D eigenvalue weighted by molar-refractivity contribution is 6.30. The van der Waals surface area contributed by atoms with Crippen molar-refractivity contribution < 1.29 is 5.11 Å². The predicted molar refractivity (Wildman–Crippen MR) is 68.8 cm³/mol. The predicted octanol–water partition coefficient (Wildman–Crippen LogP) is 3.15. The van der Waals surface area contributed by atoms with Crippen LogP contribution in [0.4, 0.5) is 0 Å². The van der Waals surface area contributed by atoms with Crippen LogP contribution in [0.25, 0.3) is 0 Å². The molecule has 1 atom stereocenters. The van der Waals surface area contributed by atoms with Crippen molar-refractivity contribution in [2.24, 2.45) is 0 Å². The number of aliphatic hydroxyl groups excluding tert-OH is 1. The summed E-state index contributed by atoms with van der Waals surface area (Å²) < 4.78 is 0. The molecule has 0 saturated carbocycles. The molecule has 1 aromatic rings. The second-order valence-corrected chi connectivity index (χ2v) is 4.34. The summed E-state index contributed by atoms with van der Waals surface area (Å²) in [5.74, 6) is 0. The van der Waals surface area contributed by atoms with Crippen molar-refractivity contribution in [2.75, 3.05) is 13.2 Å². The molecule has 0 aliphatic heterocycles. The first-order chi connectivity index (χ1) is 7.77. The van der Waals surface area contributed by atoms with Gasteiger partial charge >= 0.3 is 0 Å². The number of benzene rings is 1. The molecule has 1 rings (SSSR count). The lowest BCUT2D eigenvalue weighted by atomic mass is 10.0. The van der Waals surface area contributed by atoms with Gasteiger partial charge in [0.05, 0.1) is 0 Å². The molecule has 0 aliphatic rings. The van der Waals surface area contributed by atoms with Gasteiger partial charge < -0.3 is 10.4 Å². The van der Waals surface area contributed by atoms with Crippen LogP contribution in [-0.4, -0.2) is 18.3 Å². The van der Waals surface area contributed by atoms with Gasteiger partial charge in [-0.1, -0.05) is 30.7 Å². The number of hydrogen-bond acceptors (Lipinski definition) is 2. The fraction of sp³-hybridized carbons (Fsp3) is 0.538. The second kappa shape index (κ2) is 7.66. The second-order valence-electron chi connectivity index (χ2n) is 3.90. The fourth-order valence-corrected chi connectivity index (χ4v) is 1.93. The van der Waals surface area contributed by atoms with Crippen molar-refractivity contribution in [3.05, 3.63) is 34.9 Å². The van der Waals surface area contributed by atoms with Crippen LogP contribution in [0.2, 0.25) is 5.02 Å². The standard InChI is InChI=1S/C13H20ClNO/c1-2-13(15-8-3-4-9-16)11-6-5-7-12(14)10-11/h5-7,10,13,15-16H,2-4,8-9H2,1H3. The molecule has 0 fully saturated rings. The van der Waals surface area contributed by atoms with E-state index in [1.807, 2.05) is 18.2 Å². The molecular formula is C13H20ClNO. The maximum absolute atomic E-state index is 8.70. The number of nitrogens with one attached hydrogen (secondary N) is 1. The molecule has 1 unspecified atom stereocenters. The van der Waals surface area contributed by atoms with Gasteiger partial charge in [0, 0.05) is 17.7 Å². The summed E-state index contributed by atoms with van der Waals surface area (Å²) in [4.78, 5) is 0. The first-order valence-corrected chi connectivity index (χ1v) is 6.25. The van der Waals surface area contributed by atoms with E-state index in [0.29, 0.717) is 6.04 Å². The maximum Gasteiger partial charge on any atom is 0.0431 e. The third-order valence-corrected chi connectivity index (χ3v) is 2.87. The van der Waals surface area contributed by atoms with Gasteiger partial charge in [-0.2, -0.15) is 0 Å². The quantitative estimate of drug-likeness (QED) is 0.719. The van der Waals surface area contributed by atoms with Crippen LogP contribution < -0.4 is 5.32 Å². The highest BCUT2D eigenvalue weighted by Gasteiger charge is 2.07. The summed E-state index contributed by atoms with van der Waals surface area (Å²) in [6.07, 6.45) is 2.91. The maximum atomic E-state index is 8.70. The molecule has 2 N–H and O–H groups in total. The summed E-state index contributed by atoms with van der Waals surface area (Å²) in [5, 5.41) is 13.0. The summed E-state index contributed by atoms with van der Waals surface area (Å²) in [6, 6.07) is 8.34. The van der Waals surface area contributed by atoms with E-state index in [0.717, 1.165) is 30.8 Å². The zero-order chi connectivity index (χ0) is 11.8. The Balaban J connectivity index is 2.47. The zero-order valence-corrected chi connectivity index (χ0v) is 10.5. The smallest absolute Gasteiger partial charge is 0.0431 e. The third-order valence-electron chi connectivity index (χ3n) is 2.63. The summed E-state index contributed by atoms with van der Waals surface area (Å²) in [7, 11) is 0. The van der Waals surface area contributed by atoms with E-state index in [1.54, 1.807) is 0 Å². The van der Waals surface area contributed by atoms with Crippen LogP contribution in [0.1, 0.15) is 37.8 Å². The molecule has 2 nitrogen and oxygen atoms in total. The van der Waals surface area contributed by atoms with E-state index >= 15 is 0 Å². The van der Waals surface area contributed by atoms with Crippen LogP contribution in [0.5, 0.6) is 0 Å². The monoisotopic (exact) mass is 241 g/mol. The van der Waals surface area contributed by atoms with E-state index in [9.17, 15) is 0 Å². The van der Waals surface area contributed by atoms with Crippen LogP contribution in [0.3, 0.4) is 0 Å². The Morgan fingerprint density at radius 3 is 2.81 bits per heavy atom. The number of halogens is 1. The van der Waals surface area contributed by atoms with E-state index in [1.165, 1.54) is 5.56 Å². The number of hydrogen-bond donors (Lipinski definition) is 2. The van der Waals surface area contributed by atoms with Gasteiger partial charge in [0.25, 0.3) is 0 Å². The van der Waals surface area contributed by atoms with E-state index in [4.69, 9.17) is 16.7 Å². The van der Waals surface area contributed by atoms with Crippen molar-refractivity contribution in [2.45, 2.75) is 32.2 Å². The van der Waals surface area contributed by atoms with Crippen LogP contribution in [-0.2, 0) is 0 Å². The average molecular weight is 242 g/mol. The number of rotatable bonds is 7. The molecule has 0 amide bonds. The zero-order valence-electron chi connectivity index (χ0n) is 9.75. The minimum Gasteiger partial charge on any atom is -0.396 e. The number of unbranched alkanes of at least 4 members (excludes halogenated alkanes) is 1. The minimum absolute atomic E-state index is 0.273. The molecule has 1 aromatic carbocycles. The molecule has 0 bridgehead atoms. The largest absolute Gasteiger partial charge is 0.396 e. The van der Waals surface area contributed by atoms with Gasteiger partial charge in [0.15, 0.2) is 0 Å². The van der Waals surface area contributed by atoms with Gasteiger partial charge in [0.1, 0.15) is 0 Å². The first kappa shape index (κ1) is 13.5. The Morgan fingerprint density at radius 1 is 1.38 bits per heavy atom. The molecule has 0 aromatic heterocycles. The summed E-state index contributed by atoms with van der Waals surface area (Å²) in [5.41, 5.74) is 1.24. The molecule has 90 valence electrons. The minimum atomic E-state index is 0.273. The van der Waals surface area contributed by atoms with Gasteiger partial charge in [-0.3, -0.25) is 0 Å². The highest BCUT2D eigenvalue weighted by Crippen LogP contribution is 2.20. The topological polar surface area (TPSA) is 32.3 Å². The van der Waals surface area contributed by atoms with Gasteiger partial charge in [-0.15, -0.1) is 0 Å². The van der Waals surface area contributed by atoms with Crippen molar-refractivity contribution in [3.63, 3.8) is 0 Å². The Bertz CT molecular complexity index is 304. The number of aliphatic hydroxyl groups is 1.